The summed E-state index contributed by atoms with van der Waals surface area (Å²) in [6.07, 6.45) is 1.62. The van der Waals surface area contributed by atoms with Gasteiger partial charge < -0.3 is 10.1 Å². The molecule has 0 radical (unpaired) electrons. The first-order valence-corrected chi connectivity index (χ1v) is 9.97. The van der Waals surface area contributed by atoms with Gasteiger partial charge in [-0.2, -0.15) is 5.10 Å². The van der Waals surface area contributed by atoms with Crippen molar-refractivity contribution in [3.63, 3.8) is 0 Å². The summed E-state index contributed by atoms with van der Waals surface area (Å²) in [7, 11) is 0. The lowest BCUT2D eigenvalue weighted by atomic mass is 10.2. The molecule has 0 saturated heterocycles. The number of rotatable bonds is 6. The molecule has 1 aromatic heterocycles. The van der Waals surface area contributed by atoms with Gasteiger partial charge in [0.2, 0.25) is 0 Å². The van der Waals surface area contributed by atoms with Gasteiger partial charge in [0, 0.05) is 10.2 Å². The standard InChI is InChI=1S/C23H17BrFN3O2/c24-17-6-10-19(11-7-17)26-23(29)22-21(30-15-16-4-2-1-3-5-16)14-28(27-22)20-12-8-18(25)9-13-20/h1-14H,15H2,(H,26,29). The van der Waals surface area contributed by atoms with Crippen LogP contribution in [0, 0.1) is 5.82 Å². The summed E-state index contributed by atoms with van der Waals surface area (Å²) in [5.41, 5.74) is 2.35. The van der Waals surface area contributed by atoms with Gasteiger partial charge in [-0.25, -0.2) is 9.07 Å². The van der Waals surface area contributed by atoms with Crippen molar-refractivity contribution in [2.75, 3.05) is 5.32 Å². The number of hydrogen-bond donors (Lipinski definition) is 1. The first-order chi connectivity index (χ1) is 14.6. The second-order valence-electron chi connectivity index (χ2n) is 6.50. The third-order valence-corrected chi connectivity index (χ3v) is 4.85. The van der Waals surface area contributed by atoms with Gasteiger partial charge in [0.1, 0.15) is 12.4 Å². The van der Waals surface area contributed by atoms with E-state index >= 15 is 0 Å². The first-order valence-electron chi connectivity index (χ1n) is 9.18. The average Bonchev–Trinajstić information content (AvgIpc) is 3.19. The number of hydrogen-bond acceptors (Lipinski definition) is 3. The molecule has 150 valence electrons. The summed E-state index contributed by atoms with van der Waals surface area (Å²) in [6.45, 7) is 0.286. The van der Waals surface area contributed by atoms with Crippen molar-refractivity contribution in [3.8, 4) is 11.4 Å². The molecule has 0 unspecified atom stereocenters. The zero-order valence-corrected chi connectivity index (χ0v) is 17.3. The minimum Gasteiger partial charge on any atom is -0.485 e. The van der Waals surface area contributed by atoms with Crippen LogP contribution in [0.2, 0.25) is 0 Å². The number of carbonyl (C=O) groups excluding carboxylic acids is 1. The van der Waals surface area contributed by atoms with E-state index in [4.69, 9.17) is 4.74 Å². The van der Waals surface area contributed by atoms with Crippen LogP contribution in [-0.4, -0.2) is 15.7 Å². The van der Waals surface area contributed by atoms with Gasteiger partial charge >= 0.3 is 0 Å². The smallest absolute Gasteiger partial charge is 0.280 e. The second-order valence-corrected chi connectivity index (χ2v) is 7.41. The van der Waals surface area contributed by atoms with E-state index in [0.717, 1.165) is 10.0 Å². The van der Waals surface area contributed by atoms with Gasteiger partial charge in [-0.05, 0) is 54.1 Å². The molecule has 0 aliphatic carbocycles. The third kappa shape index (κ3) is 4.75. The molecule has 30 heavy (non-hydrogen) atoms. The lowest BCUT2D eigenvalue weighted by molar-refractivity contribution is 0.101. The Labute approximate surface area is 181 Å². The Morgan fingerprint density at radius 3 is 2.40 bits per heavy atom. The quantitative estimate of drug-likeness (QED) is 0.402. The van der Waals surface area contributed by atoms with Crippen LogP contribution in [0.15, 0.2) is 89.5 Å². The second kappa shape index (κ2) is 8.92. The molecule has 7 heteroatoms. The summed E-state index contributed by atoms with van der Waals surface area (Å²) in [5.74, 6) is -0.418. The number of anilines is 1. The van der Waals surface area contributed by atoms with E-state index in [0.29, 0.717) is 17.1 Å². The molecule has 1 amide bonds. The van der Waals surface area contributed by atoms with E-state index < -0.39 is 5.91 Å². The Balaban J connectivity index is 1.62. The van der Waals surface area contributed by atoms with Crippen molar-refractivity contribution in [2.24, 2.45) is 0 Å². The van der Waals surface area contributed by atoms with Crippen molar-refractivity contribution in [2.45, 2.75) is 6.61 Å². The molecule has 3 aromatic carbocycles. The molecule has 5 nitrogen and oxygen atoms in total. The topological polar surface area (TPSA) is 56.2 Å². The molecule has 0 fully saturated rings. The van der Waals surface area contributed by atoms with Crippen molar-refractivity contribution >= 4 is 27.5 Å². The largest absolute Gasteiger partial charge is 0.485 e. The molecule has 1 N–H and O–H groups in total. The number of amides is 1. The molecule has 4 rings (SSSR count). The Morgan fingerprint density at radius 1 is 1.00 bits per heavy atom. The fourth-order valence-corrected chi connectivity index (χ4v) is 3.07. The molecule has 0 aliphatic rings. The summed E-state index contributed by atoms with van der Waals surface area (Å²) in [4.78, 5) is 12.9. The number of halogens is 2. The molecule has 0 atom stereocenters. The van der Waals surface area contributed by atoms with E-state index in [2.05, 4.69) is 26.3 Å². The molecule has 1 heterocycles. The highest BCUT2D eigenvalue weighted by molar-refractivity contribution is 9.10. The van der Waals surface area contributed by atoms with Gasteiger partial charge in [-0.1, -0.05) is 46.3 Å². The average molecular weight is 466 g/mol. The van der Waals surface area contributed by atoms with Crippen molar-refractivity contribution < 1.29 is 13.9 Å². The van der Waals surface area contributed by atoms with Crippen LogP contribution < -0.4 is 10.1 Å². The molecular formula is C23H17BrFN3O2. The van der Waals surface area contributed by atoms with E-state index in [1.807, 2.05) is 42.5 Å². The van der Waals surface area contributed by atoms with Crippen LogP contribution in [-0.2, 0) is 6.61 Å². The SMILES string of the molecule is O=C(Nc1ccc(Br)cc1)c1nn(-c2ccc(F)cc2)cc1OCc1ccccc1. The van der Waals surface area contributed by atoms with Crippen LogP contribution in [0.25, 0.3) is 5.69 Å². The Bertz CT molecular complexity index is 1140. The number of ether oxygens (including phenoxy) is 1. The third-order valence-electron chi connectivity index (χ3n) is 4.33. The number of aromatic nitrogens is 2. The predicted molar refractivity (Wildman–Crippen MR) is 116 cm³/mol. The summed E-state index contributed by atoms with van der Waals surface area (Å²) in [6, 6.07) is 22.7. The van der Waals surface area contributed by atoms with Gasteiger partial charge in [-0.3, -0.25) is 4.79 Å². The van der Waals surface area contributed by atoms with E-state index in [1.54, 1.807) is 30.5 Å². The zero-order valence-electron chi connectivity index (χ0n) is 15.8. The van der Waals surface area contributed by atoms with Crippen LogP contribution in [0.3, 0.4) is 0 Å². The Kier molecular flexibility index (Phi) is 5.90. The minimum atomic E-state index is -0.402. The highest BCUT2D eigenvalue weighted by atomic mass is 79.9. The first kappa shape index (κ1) is 19.8. The molecule has 0 bridgehead atoms. The number of nitrogens with one attached hydrogen (secondary N) is 1. The molecular weight excluding hydrogens is 449 g/mol. The number of carbonyl (C=O) groups is 1. The monoisotopic (exact) mass is 465 g/mol. The summed E-state index contributed by atoms with van der Waals surface area (Å²) >= 11 is 3.37. The Morgan fingerprint density at radius 2 is 1.70 bits per heavy atom. The fraction of sp³-hybridized carbons (Fsp3) is 0.0435. The normalized spacial score (nSPS) is 10.6. The number of nitrogens with zero attached hydrogens (tertiary/aromatic N) is 2. The van der Waals surface area contributed by atoms with Crippen LogP contribution in [0.4, 0.5) is 10.1 Å². The van der Waals surface area contributed by atoms with Gasteiger partial charge in [0.15, 0.2) is 11.4 Å². The van der Waals surface area contributed by atoms with Crippen molar-refractivity contribution in [1.29, 1.82) is 0 Å². The molecule has 0 saturated carbocycles. The minimum absolute atomic E-state index is 0.137. The molecule has 4 aromatic rings. The molecule has 0 aliphatic heterocycles. The predicted octanol–water partition coefficient (Wildman–Crippen LogP) is 5.61. The van der Waals surface area contributed by atoms with E-state index in [9.17, 15) is 9.18 Å². The highest BCUT2D eigenvalue weighted by Crippen LogP contribution is 2.23. The zero-order chi connectivity index (χ0) is 20.9. The van der Waals surface area contributed by atoms with Crippen LogP contribution in [0.5, 0.6) is 5.75 Å². The van der Waals surface area contributed by atoms with Crippen LogP contribution >= 0.6 is 15.9 Å². The lowest BCUT2D eigenvalue weighted by Crippen LogP contribution is -2.14. The number of benzene rings is 3. The maximum absolute atomic E-state index is 13.3. The van der Waals surface area contributed by atoms with Crippen molar-refractivity contribution in [3.05, 3.63) is 107 Å². The van der Waals surface area contributed by atoms with Crippen molar-refractivity contribution in [1.82, 2.24) is 9.78 Å². The van der Waals surface area contributed by atoms with Crippen LogP contribution in [0.1, 0.15) is 16.1 Å². The summed E-state index contributed by atoms with van der Waals surface area (Å²) < 4.78 is 21.6. The highest BCUT2D eigenvalue weighted by Gasteiger charge is 2.19. The van der Waals surface area contributed by atoms with E-state index in [-0.39, 0.29) is 18.1 Å². The summed E-state index contributed by atoms with van der Waals surface area (Å²) in [5, 5.41) is 7.21. The van der Waals surface area contributed by atoms with Gasteiger partial charge in [0.05, 0.1) is 11.9 Å². The van der Waals surface area contributed by atoms with Gasteiger partial charge in [-0.15, -0.1) is 0 Å². The Hall–Kier alpha value is -3.45. The lowest BCUT2D eigenvalue weighted by Gasteiger charge is -2.07. The van der Waals surface area contributed by atoms with Gasteiger partial charge in [0.25, 0.3) is 5.91 Å². The molecule has 0 spiro atoms. The van der Waals surface area contributed by atoms with E-state index in [1.165, 1.54) is 16.8 Å². The fourth-order valence-electron chi connectivity index (χ4n) is 2.81. The maximum atomic E-state index is 13.3. The maximum Gasteiger partial charge on any atom is 0.280 e.